The summed E-state index contributed by atoms with van der Waals surface area (Å²) in [5, 5.41) is 23.3. The van der Waals surface area contributed by atoms with Crippen molar-refractivity contribution in [3.8, 4) is 11.1 Å². The number of nitrogens with zero attached hydrogens (tertiary/aromatic N) is 1. The van der Waals surface area contributed by atoms with E-state index in [1.807, 2.05) is 36.4 Å². The number of carbonyl (C=O) groups excluding carboxylic acids is 1. The van der Waals surface area contributed by atoms with Gasteiger partial charge in [-0.25, -0.2) is 9.78 Å². The molecule has 3 aromatic rings. The Hall–Kier alpha value is -3.62. The fraction of sp³-hybridized carbons (Fsp3) is 0.250. The van der Waals surface area contributed by atoms with E-state index < -0.39 is 18.3 Å². The van der Waals surface area contributed by atoms with Gasteiger partial charge in [0.1, 0.15) is 24.6 Å². The molecule has 8 nitrogen and oxygen atoms in total. The van der Waals surface area contributed by atoms with Gasteiger partial charge in [0.2, 0.25) is 0 Å². The van der Waals surface area contributed by atoms with Gasteiger partial charge in [0.15, 0.2) is 0 Å². The van der Waals surface area contributed by atoms with E-state index >= 15 is 0 Å². The Morgan fingerprint density at radius 1 is 1.09 bits per heavy atom. The average molecular weight is 434 g/mol. The second kappa shape index (κ2) is 8.86. The second-order valence-corrected chi connectivity index (χ2v) is 7.86. The number of aromatic nitrogens is 1. The highest BCUT2D eigenvalue weighted by Crippen LogP contribution is 2.44. The molecule has 0 saturated carbocycles. The molecule has 32 heavy (non-hydrogen) atoms. The first-order chi connectivity index (χ1) is 15.4. The Labute approximate surface area is 185 Å². The van der Waals surface area contributed by atoms with Crippen LogP contribution in [-0.2, 0) is 4.74 Å². The minimum absolute atomic E-state index is 0.0601. The lowest BCUT2D eigenvalue weighted by atomic mass is 9.98. The molecule has 0 fully saturated rings. The molecule has 166 valence electrons. The first kappa shape index (κ1) is 21.6. The Morgan fingerprint density at radius 3 is 2.31 bits per heavy atom. The fourth-order valence-corrected chi connectivity index (χ4v) is 4.11. The van der Waals surface area contributed by atoms with Gasteiger partial charge in [-0.05, 0) is 34.7 Å². The van der Waals surface area contributed by atoms with Crippen LogP contribution < -0.4 is 16.8 Å². The zero-order valence-electron chi connectivity index (χ0n) is 17.7. The number of nitrogens with two attached hydrogens (primary N) is 2. The fourth-order valence-electron chi connectivity index (χ4n) is 4.11. The molecule has 0 spiro atoms. The molecule has 2 aromatic carbocycles. The number of alkyl carbamates (subject to hydrolysis) is 1. The van der Waals surface area contributed by atoms with Crippen LogP contribution in [0.15, 0.2) is 54.7 Å². The van der Waals surface area contributed by atoms with Crippen LogP contribution in [0.3, 0.4) is 0 Å². The number of nitrogen functional groups attached to an aromatic ring is 2. The molecule has 1 aliphatic carbocycles. The van der Waals surface area contributed by atoms with Crippen LogP contribution in [0.25, 0.3) is 11.1 Å². The molecule has 4 rings (SSSR count). The summed E-state index contributed by atoms with van der Waals surface area (Å²) < 4.78 is 5.44. The van der Waals surface area contributed by atoms with E-state index in [-0.39, 0.29) is 30.6 Å². The zero-order chi connectivity index (χ0) is 22.8. The zero-order valence-corrected chi connectivity index (χ0v) is 17.7. The Morgan fingerprint density at radius 2 is 1.69 bits per heavy atom. The molecule has 0 aliphatic heterocycles. The Kier molecular flexibility index (Phi) is 5.98. The van der Waals surface area contributed by atoms with E-state index in [9.17, 15) is 15.0 Å². The lowest BCUT2D eigenvalue weighted by Gasteiger charge is -2.21. The molecule has 1 aliphatic rings. The van der Waals surface area contributed by atoms with Crippen molar-refractivity contribution in [3.05, 3.63) is 77.0 Å². The van der Waals surface area contributed by atoms with Crippen molar-refractivity contribution in [2.45, 2.75) is 25.0 Å². The van der Waals surface area contributed by atoms with E-state index in [4.69, 9.17) is 16.2 Å². The quantitative estimate of drug-likeness (QED) is 0.401. The van der Waals surface area contributed by atoms with Crippen LogP contribution in [0.4, 0.5) is 16.3 Å². The number of nitrogens with one attached hydrogen (secondary N) is 1. The third-order valence-corrected chi connectivity index (χ3v) is 5.94. The van der Waals surface area contributed by atoms with Crippen LogP contribution in [-0.4, -0.2) is 40.5 Å². The van der Waals surface area contributed by atoms with Crippen molar-refractivity contribution in [2.24, 2.45) is 0 Å². The van der Waals surface area contributed by atoms with Gasteiger partial charge in [0, 0.05) is 24.2 Å². The van der Waals surface area contributed by atoms with E-state index in [1.54, 1.807) is 6.92 Å². The summed E-state index contributed by atoms with van der Waals surface area (Å²) in [6.45, 7) is 1.63. The highest BCUT2D eigenvalue weighted by molar-refractivity contribution is 5.79. The topological polar surface area (TPSA) is 144 Å². The molecule has 7 N–H and O–H groups in total. The number of fused-ring (bicyclic) bond motifs is 3. The van der Waals surface area contributed by atoms with Gasteiger partial charge in [-0.2, -0.15) is 0 Å². The first-order valence-corrected chi connectivity index (χ1v) is 10.3. The lowest BCUT2D eigenvalue weighted by molar-refractivity contribution is 0.0180. The monoisotopic (exact) mass is 434 g/mol. The van der Waals surface area contributed by atoms with E-state index in [0.717, 1.165) is 22.3 Å². The van der Waals surface area contributed by atoms with Crippen LogP contribution in [0.5, 0.6) is 0 Å². The summed E-state index contributed by atoms with van der Waals surface area (Å²) in [6.07, 6.45) is -1.88. The summed E-state index contributed by atoms with van der Waals surface area (Å²) in [6, 6.07) is 16.1. The van der Waals surface area contributed by atoms with Gasteiger partial charge < -0.3 is 31.7 Å². The first-order valence-electron chi connectivity index (χ1n) is 10.3. The molecule has 0 radical (unpaired) electrons. The molecule has 0 saturated heterocycles. The number of anilines is 2. The molecule has 1 amide bonds. The Bertz CT molecular complexity index is 1110. The molecule has 2 atom stereocenters. The van der Waals surface area contributed by atoms with E-state index in [2.05, 4.69) is 22.4 Å². The number of benzene rings is 2. The van der Waals surface area contributed by atoms with Crippen molar-refractivity contribution in [2.75, 3.05) is 24.6 Å². The highest BCUT2D eigenvalue weighted by atomic mass is 16.5. The minimum atomic E-state index is -1.29. The Balaban J connectivity index is 1.36. The van der Waals surface area contributed by atoms with Gasteiger partial charge in [0.25, 0.3) is 0 Å². The number of aliphatic hydroxyl groups is 2. The number of rotatable bonds is 6. The number of aliphatic hydroxyl groups excluding tert-OH is 2. The van der Waals surface area contributed by atoms with E-state index in [1.165, 1.54) is 6.20 Å². The maximum Gasteiger partial charge on any atom is 0.407 e. The van der Waals surface area contributed by atoms with Crippen LogP contribution in [0.1, 0.15) is 34.3 Å². The minimum Gasteiger partial charge on any atom is -0.449 e. The van der Waals surface area contributed by atoms with Crippen LogP contribution >= 0.6 is 0 Å². The third kappa shape index (κ3) is 3.98. The van der Waals surface area contributed by atoms with Gasteiger partial charge >= 0.3 is 6.09 Å². The summed E-state index contributed by atoms with van der Waals surface area (Å²) in [5.74, 6) is 0.0971. The highest BCUT2D eigenvalue weighted by Gasteiger charge is 2.29. The molecule has 0 bridgehead atoms. The van der Waals surface area contributed by atoms with E-state index in [0.29, 0.717) is 11.1 Å². The summed E-state index contributed by atoms with van der Waals surface area (Å²) >= 11 is 0. The second-order valence-electron chi connectivity index (χ2n) is 7.86. The standard InChI is InChI=1S/C24H26N4O4/c1-13-18(10-27-23(26)21(13)25)22(30)20(29)11-28-24(31)32-12-19-16-8-4-2-6-14(16)15-7-3-5-9-17(15)19/h2-10,19-20,22,29-30H,11-12,25H2,1H3,(H2,26,27)(H,28,31). The molecule has 1 aromatic heterocycles. The average Bonchev–Trinajstić information content (AvgIpc) is 3.13. The van der Waals surface area contributed by atoms with Crippen molar-refractivity contribution >= 4 is 17.6 Å². The lowest BCUT2D eigenvalue weighted by Crippen LogP contribution is -2.36. The number of hydrogen-bond acceptors (Lipinski definition) is 7. The number of amides is 1. The summed E-state index contributed by atoms with van der Waals surface area (Å²) in [5.41, 5.74) is 17.1. The maximum absolute atomic E-state index is 12.3. The number of hydrogen-bond donors (Lipinski definition) is 5. The van der Waals surface area contributed by atoms with Gasteiger partial charge in [-0.3, -0.25) is 0 Å². The van der Waals surface area contributed by atoms with Gasteiger partial charge in [0.05, 0.1) is 5.69 Å². The number of ether oxygens (including phenoxy) is 1. The van der Waals surface area contributed by atoms with Gasteiger partial charge in [-0.15, -0.1) is 0 Å². The molecular formula is C24H26N4O4. The number of carbonyl (C=O) groups is 1. The van der Waals surface area contributed by atoms with Gasteiger partial charge in [-0.1, -0.05) is 48.5 Å². The summed E-state index contributed by atoms with van der Waals surface area (Å²) in [4.78, 5) is 16.2. The van der Waals surface area contributed by atoms with Crippen molar-refractivity contribution in [3.63, 3.8) is 0 Å². The third-order valence-electron chi connectivity index (χ3n) is 5.94. The van der Waals surface area contributed by atoms with Crippen molar-refractivity contribution in [1.82, 2.24) is 10.3 Å². The molecule has 2 unspecified atom stereocenters. The predicted octanol–water partition coefficient (Wildman–Crippen LogP) is 2.49. The normalized spacial score (nSPS) is 14.3. The number of pyridine rings is 1. The smallest absolute Gasteiger partial charge is 0.407 e. The maximum atomic E-state index is 12.3. The summed E-state index contributed by atoms with van der Waals surface area (Å²) in [7, 11) is 0. The molecule has 1 heterocycles. The van der Waals surface area contributed by atoms with Crippen molar-refractivity contribution < 1.29 is 19.7 Å². The van der Waals surface area contributed by atoms with Crippen LogP contribution in [0.2, 0.25) is 0 Å². The largest absolute Gasteiger partial charge is 0.449 e. The predicted molar refractivity (Wildman–Crippen MR) is 122 cm³/mol. The SMILES string of the molecule is Cc1c(C(O)C(O)CNC(=O)OCC2c3ccccc3-c3ccccc32)cnc(N)c1N. The molecule has 8 heteroatoms. The van der Waals surface area contributed by atoms with Crippen LogP contribution in [0, 0.1) is 6.92 Å². The molecular weight excluding hydrogens is 408 g/mol. The van der Waals surface area contributed by atoms with Crippen molar-refractivity contribution in [1.29, 1.82) is 0 Å².